The van der Waals surface area contributed by atoms with E-state index in [9.17, 15) is 15.0 Å². The Morgan fingerprint density at radius 2 is 2.15 bits per heavy atom. The number of Topliss-reactive ketones (excluding diaryl/α,β-unsaturated/α-hetero) is 1. The van der Waals surface area contributed by atoms with Gasteiger partial charge in [-0.2, -0.15) is 0 Å². The van der Waals surface area contributed by atoms with Crippen LogP contribution in [0.1, 0.15) is 40.0 Å². The molecule has 2 N–H and O–H groups in total. The Balaban J connectivity index is 1.87. The van der Waals surface area contributed by atoms with Gasteiger partial charge in [0.1, 0.15) is 17.3 Å². The maximum Gasteiger partial charge on any atom is 0.164 e. The van der Waals surface area contributed by atoms with Crippen LogP contribution in [-0.4, -0.2) is 51.6 Å². The molecule has 3 aliphatic rings. The summed E-state index contributed by atoms with van der Waals surface area (Å²) in [5.74, 6) is -0.327. The topological polar surface area (TPSA) is 82.6 Å². The van der Waals surface area contributed by atoms with Crippen LogP contribution in [0.15, 0.2) is 11.6 Å². The van der Waals surface area contributed by atoms with Gasteiger partial charge in [-0.1, -0.05) is 11.6 Å². The summed E-state index contributed by atoms with van der Waals surface area (Å²) >= 11 is 0. The molecule has 1 spiro atoms. The summed E-state index contributed by atoms with van der Waals surface area (Å²) in [5.41, 5.74) is -2.21. The van der Waals surface area contributed by atoms with Gasteiger partial charge in [0, 0.05) is 6.42 Å². The lowest BCUT2D eigenvalue weighted by atomic mass is 9.65. The number of hydrogen-bond donors (Lipinski definition) is 2. The molecular formula is C15H22O5. The van der Waals surface area contributed by atoms with E-state index >= 15 is 0 Å². The van der Waals surface area contributed by atoms with Crippen LogP contribution in [0.5, 0.6) is 0 Å². The molecule has 5 nitrogen and oxygen atoms in total. The summed E-state index contributed by atoms with van der Waals surface area (Å²) in [6.45, 7) is 6.14. The van der Waals surface area contributed by atoms with Gasteiger partial charge < -0.3 is 19.7 Å². The first-order chi connectivity index (χ1) is 9.27. The lowest BCUT2D eigenvalue weighted by Gasteiger charge is -2.44. The van der Waals surface area contributed by atoms with Crippen LogP contribution >= 0.6 is 0 Å². The van der Waals surface area contributed by atoms with E-state index < -0.39 is 22.9 Å². The SMILES string of the molecule is CC(C)=CC[C@H]1O[C@]1(C)[C@@]1(O)[C@H](O)C(=O)CC[C@]12CO2. The first kappa shape index (κ1) is 14.2. The van der Waals surface area contributed by atoms with Crippen molar-refractivity contribution < 1.29 is 24.5 Å². The van der Waals surface area contributed by atoms with Crippen molar-refractivity contribution >= 4 is 5.78 Å². The highest BCUT2D eigenvalue weighted by molar-refractivity contribution is 5.86. The minimum Gasteiger partial charge on any atom is -0.382 e. The first-order valence-corrected chi connectivity index (χ1v) is 7.15. The number of aliphatic hydroxyl groups excluding tert-OH is 1. The van der Waals surface area contributed by atoms with Crippen molar-refractivity contribution in [2.45, 2.75) is 69.0 Å². The van der Waals surface area contributed by atoms with Crippen LogP contribution < -0.4 is 0 Å². The van der Waals surface area contributed by atoms with Crippen molar-refractivity contribution in [3.63, 3.8) is 0 Å². The highest BCUT2D eigenvalue weighted by Crippen LogP contribution is 2.60. The van der Waals surface area contributed by atoms with Crippen LogP contribution in [0, 0.1) is 0 Å². The Labute approximate surface area is 118 Å². The summed E-state index contributed by atoms with van der Waals surface area (Å²) in [4.78, 5) is 11.8. The van der Waals surface area contributed by atoms with E-state index in [2.05, 4.69) is 0 Å². The average molecular weight is 282 g/mol. The third-order valence-corrected chi connectivity index (χ3v) is 5.10. The number of allylic oxidation sites excluding steroid dienone is 1. The van der Waals surface area contributed by atoms with Gasteiger partial charge in [-0.05, 0) is 33.6 Å². The van der Waals surface area contributed by atoms with Gasteiger partial charge in [0.05, 0.1) is 12.7 Å². The highest BCUT2D eigenvalue weighted by atomic mass is 16.7. The van der Waals surface area contributed by atoms with Gasteiger partial charge in [0.15, 0.2) is 11.4 Å². The van der Waals surface area contributed by atoms with Gasteiger partial charge in [-0.3, -0.25) is 4.79 Å². The maximum absolute atomic E-state index is 11.8. The molecule has 5 atom stereocenters. The average Bonchev–Trinajstić information content (AvgIpc) is 3.28. The van der Waals surface area contributed by atoms with Crippen molar-refractivity contribution in [1.82, 2.24) is 0 Å². The molecule has 2 heterocycles. The van der Waals surface area contributed by atoms with E-state index in [1.807, 2.05) is 19.9 Å². The second-order valence-corrected chi connectivity index (χ2v) is 6.65. The van der Waals surface area contributed by atoms with Crippen molar-refractivity contribution in [2.75, 3.05) is 6.61 Å². The fraction of sp³-hybridized carbons (Fsp3) is 0.800. The molecule has 0 unspecified atom stereocenters. The largest absolute Gasteiger partial charge is 0.382 e. The van der Waals surface area contributed by atoms with Crippen molar-refractivity contribution in [3.8, 4) is 0 Å². The van der Waals surface area contributed by atoms with E-state index in [1.54, 1.807) is 6.92 Å². The first-order valence-electron chi connectivity index (χ1n) is 7.15. The molecule has 0 aromatic heterocycles. The molecule has 0 radical (unpaired) electrons. The number of ketones is 1. The predicted octanol–water partition coefficient (Wildman–Crippen LogP) is 0.724. The summed E-state index contributed by atoms with van der Waals surface area (Å²) < 4.78 is 11.2. The third-order valence-electron chi connectivity index (χ3n) is 5.10. The number of epoxide rings is 2. The number of carbonyl (C=O) groups excluding carboxylic acids is 1. The second kappa shape index (κ2) is 4.13. The molecule has 0 aromatic rings. The van der Waals surface area contributed by atoms with Crippen LogP contribution in [-0.2, 0) is 14.3 Å². The molecule has 0 amide bonds. The van der Waals surface area contributed by atoms with Crippen LogP contribution in [0.4, 0.5) is 0 Å². The molecule has 3 fully saturated rings. The molecule has 0 bridgehead atoms. The standard InChI is InChI=1S/C15H22O5/c1-9(2)4-5-11-13(3,20-11)15(18)12(17)10(16)6-7-14(15)8-19-14/h4,11-12,17-18H,5-8H2,1-3H3/t11-,12-,13+,14+,15+/m1/s1. The molecule has 20 heavy (non-hydrogen) atoms. The second-order valence-electron chi connectivity index (χ2n) is 6.65. The van der Waals surface area contributed by atoms with Crippen molar-refractivity contribution in [2.24, 2.45) is 0 Å². The summed E-state index contributed by atoms with van der Waals surface area (Å²) in [6, 6.07) is 0. The number of aliphatic hydroxyl groups is 2. The monoisotopic (exact) mass is 282 g/mol. The fourth-order valence-electron chi connectivity index (χ4n) is 3.52. The zero-order valence-corrected chi connectivity index (χ0v) is 12.2. The van der Waals surface area contributed by atoms with E-state index in [1.165, 1.54) is 5.57 Å². The summed E-state index contributed by atoms with van der Waals surface area (Å²) in [5, 5.41) is 21.4. The molecule has 5 heteroatoms. The van der Waals surface area contributed by atoms with E-state index in [0.717, 1.165) is 0 Å². The lowest BCUT2D eigenvalue weighted by molar-refractivity contribution is -0.187. The molecule has 1 saturated carbocycles. The van der Waals surface area contributed by atoms with Crippen LogP contribution in [0.3, 0.4) is 0 Å². The Hall–Kier alpha value is -0.750. The molecule has 2 aliphatic heterocycles. The van der Waals surface area contributed by atoms with E-state index in [4.69, 9.17) is 9.47 Å². The van der Waals surface area contributed by atoms with Gasteiger partial charge in [0.25, 0.3) is 0 Å². The van der Waals surface area contributed by atoms with Gasteiger partial charge in [-0.25, -0.2) is 0 Å². The van der Waals surface area contributed by atoms with Gasteiger partial charge in [0.2, 0.25) is 0 Å². The zero-order valence-electron chi connectivity index (χ0n) is 12.2. The number of hydrogen-bond acceptors (Lipinski definition) is 5. The fourth-order valence-corrected chi connectivity index (χ4v) is 3.52. The quantitative estimate of drug-likeness (QED) is 0.589. The Morgan fingerprint density at radius 1 is 1.50 bits per heavy atom. The van der Waals surface area contributed by atoms with Crippen LogP contribution in [0.25, 0.3) is 0 Å². The Morgan fingerprint density at radius 3 is 2.70 bits per heavy atom. The molecule has 112 valence electrons. The minimum atomic E-state index is -1.64. The summed E-state index contributed by atoms with van der Waals surface area (Å²) in [6.07, 6.45) is 1.78. The van der Waals surface area contributed by atoms with Gasteiger partial charge in [-0.15, -0.1) is 0 Å². The van der Waals surface area contributed by atoms with Crippen molar-refractivity contribution in [3.05, 3.63) is 11.6 Å². The van der Waals surface area contributed by atoms with Gasteiger partial charge >= 0.3 is 0 Å². The van der Waals surface area contributed by atoms with E-state index in [-0.39, 0.29) is 18.3 Å². The smallest absolute Gasteiger partial charge is 0.164 e. The molecule has 1 aliphatic carbocycles. The molecule has 3 rings (SSSR count). The number of rotatable bonds is 3. The van der Waals surface area contributed by atoms with Crippen molar-refractivity contribution in [1.29, 1.82) is 0 Å². The predicted molar refractivity (Wildman–Crippen MR) is 71.2 cm³/mol. The van der Waals surface area contributed by atoms with E-state index in [0.29, 0.717) is 19.4 Å². The maximum atomic E-state index is 11.8. The number of carbonyl (C=O) groups is 1. The number of ether oxygens (including phenoxy) is 2. The Kier molecular flexibility index (Phi) is 2.93. The highest BCUT2D eigenvalue weighted by Gasteiger charge is 2.81. The normalized spacial score (nSPS) is 50.1. The molecule has 2 saturated heterocycles. The van der Waals surface area contributed by atoms with Crippen LogP contribution in [0.2, 0.25) is 0 Å². The third kappa shape index (κ3) is 1.67. The zero-order chi connectivity index (χ0) is 14.8. The lowest BCUT2D eigenvalue weighted by Crippen LogP contribution is -2.68. The molecular weight excluding hydrogens is 260 g/mol. The minimum absolute atomic E-state index is 0.191. The summed E-state index contributed by atoms with van der Waals surface area (Å²) in [7, 11) is 0. The molecule has 0 aromatic carbocycles. The Bertz CT molecular complexity index is 477.